The maximum Gasteiger partial charge on any atom is 0.306 e. The van der Waals surface area contributed by atoms with Crippen molar-refractivity contribution in [2.24, 2.45) is 0 Å². The minimum atomic E-state index is -0.810. The quantitative estimate of drug-likeness (QED) is 0.0200. The smallest absolute Gasteiger partial charge is 0.306 e. The summed E-state index contributed by atoms with van der Waals surface area (Å²) in [5.41, 5.74) is 0. The van der Waals surface area contributed by atoms with E-state index in [0.717, 1.165) is 77.0 Å². The van der Waals surface area contributed by atoms with Crippen LogP contribution in [0.25, 0.3) is 0 Å². The molecule has 0 fully saturated rings. The molecule has 348 valence electrons. The molecule has 0 heterocycles. The third-order valence-corrected chi connectivity index (χ3v) is 10.5. The van der Waals surface area contributed by atoms with E-state index in [-0.39, 0.29) is 37.5 Å². The third kappa shape index (κ3) is 47.5. The summed E-state index contributed by atoms with van der Waals surface area (Å²) in [7, 11) is 0. The SMILES string of the molecule is CC\C=C/C=C\C=C/C=C\CCCCCCCC(=O)OCC(COC(=O)CC/C=C\C/C=C\CCCCCCCC)OC(=O)CCCCCCCCC/C=C\CCCCCC. The number of carbonyl (C=O) groups is 3. The Morgan fingerprint density at radius 3 is 1.26 bits per heavy atom. The summed E-state index contributed by atoms with van der Waals surface area (Å²) < 4.78 is 16.7. The highest BCUT2D eigenvalue weighted by Crippen LogP contribution is 2.13. The fraction of sp³-hybridized carbons (Fsp3) is 0.691. The van der Waals surface area contributed by atoms with Crippen LogP contribution >= 0.6 is 0 Å². The maximum absolute atomic E-state index is 12.8. The van der Waals surface area contributed by atoms with E-state index < -0.39 is 6.10 Å². The number of carbonyl (C=O) groups excluding carboxylic acids is 3. The highest BCUT2D eigenvalue weighted by molar-refractivity contribution is 5.71. The zero-order valence-electron chi connectivity index (χ0n) is 39.7. The second-order valence-electron chi connectivity index (χ2n) is 16.4. The highest BCUT2D eigenvalue weighted by atomic mass is 16.6. The molecule has 0 aliphatic heterocycles. The molecule has 0 aliphatic rings. The van der Waals surface area contributed by atoms with Gasteiger partial charge in [0.05, 0.1) is 0 Å². The van der Waals surface area contributed by atoms with E-state index in [1.165, 1.54) is 103 Å². The molecule has 0 aromatic heterocycles. The average Bonchev–Trinajstić information content (AvgIpc) is 3.26. The number of unbranched alkanes of at least 4 members (excludes halogenated alkanes) is 22. The predicted molar refractivity (Wildman–Crippen MR) is 261 cm³/mol. The number of rotatable bonds is 44. The van der Waals surface area contributed by atoms with Gasteiger partial charge in [-0.2, -0.15) is 0 Å². The average molecular weight is 849 g/mol. The van der Waals surface area contributed by atoms with Crippen molar-refractivity contribution in [2.75, 3.05) is 13.2 Å². The molecule has 0 saturated heterocycles. The van der Waals surface area contributed by atoms with Crippen molar-refractivity contribution in [1.29, 1.82) is 0 Å². The molecule has 1 unspecified atom stereocenters. The van der Waals surface area contributed by atoms with Gasteiger partial charge in [-0.15, -0.1) is 0 Å². The molecule has 0 N–H and O–H groups in total. The van der Waals surface area contributed by atoms with E-state index in [0.29, 0.717) is 19.3 Å². The monoisotopic (exact) mass is 849 g/mol. The first-order valence-corrected chi connectivity index (χ1v) is 25.1. The van der Waals surface area contributed by atoms with Crippen molar-refractivity contribution in [2.45, 2.75) is 232 Å². The molecule has 0 bridgehead atoms. The summed E-state index contributed by atoms with van der Waals surface area (Å²) in [6.07, 6.45) is 62.9. The first-order chi connectivity index (χ1) is 30.0. The van der Waals surface area contributed by atoms with E-state index in [4.69, 9.17) is 14.2 Å². The molecule has 0 spiro atoms. The van der Waals surface area contributed by atoms with Gasteiger partial charge >= 0.3 is 17.9 Å². The third-order valence-electron chi connectivity index (χ3n) is 10.5. The summed E-state index contributed by atoms with van der Waals surface area (Å²) in [5.74, 6) is -1.01. The molecule has 1 atom stereocenters. The molecule has 6 heteroatoms. The molecule has 0 rings (SSSR count). The first kappa shape index (κ1) is 57.6. The minimum absolute atomic E-state index is 0.108. The maximum atomic E-state index is 12.8. The zero-order chi connectivity index (χ0) is 44.4. The number of hydrogen-bond donors (Lipinski definition) is 0. The molecule has 6 nitrogen and oxygen atoms in total. The Morgan fingerprint density at radius 1 is 0.361 bits per heavy atom. The fourth-order valence-corrected chi connectivity index (χ4v) is 6.68. The van der Waals surface area contributed by atoms with Gasteiger partial charge in [-0.3, -0.25) is 14.4 Å². The second kappa shape index (κ2) is 49.2. The van der Waals surface area contributed by atoms with Gasteiger partial charge in [0.25, 0.3) is 0 Å². The van der Waals surface area contributed by atoms with Crippen LogP contribution in [0.1, 0.15) is 226 Å². The summed E-state index contributed by atoms with van der Waals surface area (Å²) in [6.45, 7) is 6.39. The van der Waals surface area contributed by atoms with Crippen LogP contribution in [0.3, 0.4) is 0 Å². The van der Waals surface area contributed by atoms with E-state index in [9.17, 15) is 14.4 Å². The van der Waals surface area contributed by atoms with E-state index in [2.05, 4.69) is 75.5 Å². The molecule has 0 aromatic rings. The van der Waals surface area contributed by atoms with Crippen LogP contribution < -0.4 is 0 Å². The summed E-state index contributed by atoms with van der Waals surface area (Å²) in [4.78, 5) is 37.9. The van der Waals surface area contributed by atoms with Crippen molar-refractivity contribution in [3.8, 4) is 0 Å². The number of esters is 3. The molecular weight excluding hydrogens is 757 g/mol. The van der Waals surface area contributed by atoms with Gasteiger partial charge in [0.2, 0.25) is 0 Å². The molecule has 0 aliphatic carbocycles. The van der Waals surface area contributed by atoms with Crippen molar-refractivity contribution >= 4 is 17.9 Å². The summed E-state index contributed by atoms with van der Waals surface area (Å²) >= 11 is 0. The molecule has 0 amide bonds. The van der Waals surface area contributed by atoms with Crippen molar-refractivity contribution in [1.82, 2.24) is 0 Å². The lowest BCUT2D eigenvalue weighted by molar-refractivity contribution is -0.166. The molecule has 0 saturated carbocycles. The molecule has 0 radical (unpaired) electrons. The van der Waals surface area contributed by atoms with E-state index in [1.807, 2.05) is 30.4 Å². The van der Waals surface area contributed by atoms with E-state index >= 15 is 0 Å². The summed E-state index contributed by atoms with van der Waals surface area (Å²) in [6, 6.07) is 0. The number of ether oxygens (including phenoxy) is 3. The van der Waals surface area contributed by atoms with Gasteiger partial charge < -0.3 is 14.2 Å². The number of allylic oxidation sites excluding steroid dienone is 14. The van der Waals surface area contributed by atoms with Crippen molar-refractivity contribution in [3.05, 3.63) is 85.1 Å². The van der Waals surface area contributed by atoms with E-state index in [1.54, 1.807) is 0 Å². The first-order valence-electron chi connectivity index (χ1n) is 25.1. The van der Waals surface area contributed by atoms with Crippen molar-refractivity contribution < 1.29 is 28.6 Å². The van der Waals surface area contributed by atoms with Gasteiger partial charge in [-0.25, -0.2) is 0 Å². The lowest BCUT2D eigenvalue weighted by Crippen LogP contribution is -2.30. The molecule has 0 aromatic carbocycles. The number of hydrogen-bond acceptors (Lipinski definition) is 6. The Bertz CT molecular complexity index is 1200. The van der Waals surface area contributed by atoms with Crippen LogP contribution in [0.15, 0.2) is 85.1 Å². The molecule has 61 heavy (non-hydrogen) atoms. The second-order valence-corrected chi connectivity index (χ2v) is 16.4. The Hall–Kier alpha value is -3.41. The van der Waals surface area contributed by atoms with Crippen LogP contribution in [0.5, 0.6) is 0 Å². The summed E-state index contributed by atoms with van der Waals surface area (Å²) in [5, 5.41) is 0. The van der Waals surface area contributed by atoms with Gasteiger partial charge in [0.1, 0.15) is 13.2 Å². The lowest BCUT2D eigenvalue weighted by atomic mass is 10.1. The Kier molecular flexibility index (Phi) is 46.5. The van der Waals surface area contributed by atoms with Gasteiger partial charge in [0.15, 0.2) is 6.10 Å². The van der Waals surface area contributed by atoms with Crippen molar-refractivity contribution in [3.63, 3.8) is 0 Å². The Labute approximate surface area is 375 Å². The standard InChI is InChI=1S/C55H92O6/c1-4-7-10-13-16-19-22-25-27-30-33-36-39-42-45-48-54(57)60-51-52(50-59-53(56)47-44-41-38-35-32-29-24-21-18-15-12-9-6-3)61-55(58)49-46-43-40-37-34-31-28-26-23-20-17-14-11-8-5-2/h7,10,13,16,19-20,22-23,25,27,29,32,38,41,52H,4-6,8-9,11-12,14-15,17-18,21,24,26,28,30-31,33-37,39-40,42-51H2,1-3H3/b10-7-,16-13-,22-19-,23-20-,27-25-,32-29-,41-38-. The predicted octanol–water partition coefficient (Wildman–Crippen LogP) is 16.4. The normalized spacial score (nSPS) is 12.8. The highest BCUT2D eigenvalue weighted by Gasteiger charge is 2.19. The van der Waals surface area contributed by atoms with Crippen LogP contribution in [0, 0.1) is 0 Å². The van der Waals surface area contributed by atoms with Gasteiger partial charge in [-0.05, 0) is 83.5 Å². The van der Waals surface area contributed by atoms with Gasteiger partial charge in [0, 0.05) is 19.3 Å². The van der Waals surface area contributed by atoms with Gasteiger partial charge in [-0.1, -0.05) is 209 Å². The van der Waals surface area contributed by atoms with Crippen LogP contribution in [-0.4, -0.2) is 37.2 Å². The zero-order valence-corrected chi connectivity index (χ0v) is 39.7. The largest absolute Gasteiger partial charge is 0.462 e. The molecular formula is C55H92O6. The lowest BCUT2D eigenvalue weighted by Gasteiger charge is -2.18. The minimum Gasteiger partial charge on any atom is -0.462 e. The van der Waals surface area contributed by atoms with Crippen LogP contribution in [0.4, 0.5) is 0 Å². The topological polar surface area (TPSA) is 78.9 Å². The van der Waals surface area contributed by atoms with Crippen LogP contribution in [-0.2, 0) is 28.6 Å². The Morgan fingerprint density at radius 2 is 0.738 bits per heavy atom. The van der Waals surface area contributed by atoms with Crippen LogP contribution in [0.2, 0.25) is 0 Å². The fourth-order valence-electron chi connectivity index (χ4n) is 6.68. The Balaban J connectivity index is 4.50.